The van der Waals surface area contributed by atoms with Crippen LogP contribution < -0.4 is 0 Å². The molecule has 29 heavy (non-hydrogen) atoms. The van der Waals surface area contributed by atoms with Gasteiger partial charge < -0.3 is 14.8 Å². The summed E-state index contributed by atoms with van der Waals surface area (Å²) < 4.78 is 0. The Morgan fingerprint density at radius 1 is 1.10 bits per heavy atom. The van der Waals surface area contributed by atoms with Gasteiger partial charge in [-0.3, -0.25) is 14.6 Å². The zero-order valence-corrected chi connectivity index (χ0v) is 16.9. The number of carbonyl (C=O) groups excluding carboxylic acids is 2. The Labute approximate surface area is 173 Å². The Morgan fingerprint density at radius 2 is 1.97 bits per heavy atom. The summed E-state index contributed by atoms with van der Waals surface area (Å²) in [6.45, 7) is 4.09. The Hall–Kier alpha value is -2.93. The van der Waals surface area contributed by atoms with E-state index in [2.05, 4.69) is 29.0 Å². The highest BCUT2D eigenvalue weighted by Gasteiger charge is 2.50. The molecule has 148 valence electrons. The molecule has 2 aliphatic heterocycles. The van der Waals surface area contributed by atoms with Gasteiger partial charge in [0.05, 0.1) is 17.7 Å². The first-order valence-electron chi connectivity index (χ1n) is 9.81. The zero-order valence-electron chi connectivity index (χ0n) is 16.1. The van der Waals surface area contributed by atoms with Crippen LogP contribution in [-0.4, -0.2) is 51.2 Å². The quantitative estimate of drug-likeness (QED) is 0.725. The van der Waals surface area contributed by atoms with E-state index in [1.54, 1.807) is 17.9 Å². The average Bonchev–Trinajstić information content (AvgIpc) is 3.52. The molecule has 3 aromatic rings. The van der Waals surface area contributed by atoms with E-state index in [1.807, 2.05) is 34.1 Å². The van der Waals surface area contributed by atoms with E-state index in [-0.39, 0.29) is 29.7 Å². The van der Waals surface area contributed by atoms with E-state index < -0.39 is 0 Å². The first kappa shape index (κ1) is 18.1. The van der Waals surface area contributed by atoms with Gasteiger partial charge >= 0.3 is 0 Å². The molecule has 0 aliphatic carbocycles. The van der Waals surface area contributed by atoms with Crippen molar-refractivity contribution in [2.75, 3.05) is 19.6 Å². The van der Waals surface area contributed by atoms with Crippen molar-refractivity contribution in [3.05, 3.63) is 76.0 Å². The number of thiazole rings is 1. The minimum absolute atomic E-state index is 0.0259. The number of aromatic amines is 1. The van der Waals surface area contributed by atoms with Crippen LogP contribution in [-0.2, 0) is 0 Å². The number of H-pyrrole nitrogens is 1. The Morgan fingerprint density at radius 3 is 2.69 bits per heavy atom. The van der Waals surface area contributed by atoms with Crippen molar-refractivity contribution >= 4 is 23.2 Å². The molecule has 1 aromatic carbocycles. The van der Waals surface area contributed by atoms with E-state index in [0.717, 1.165) is 0 Å². The lowest BCUT2D eigenvalue weighted by Gasteiger charge is -2.30. The molecule has 2 fully saturated rings. The van der Waals surface area contributed by atoms with Crippen LogP contribution in [0.5, 0.6) is 0 Å². The molecule has 1 N–H and O–H groups in total. The minimum Gasteiger partial charge on any atom is -0.357 e. The monoisotopic (exact) mass is 406 g/mol. The van der Waals surface area contributed by atoms with E-state index in [0.29, 0.717) is 30.2 Å². The van der Waals surface area contributed by atoms with E-state index in [1.165, 1.54) is 22.5 Å². The molecule has 2 saturated heterocycles. The normalized spacial score (nSPS) is 23.4. The maximum absolute atomic E-state index is 13.2. The van der Waals surface area contributed by atoms with Crippen molar-refractivity contribution < 1.29 is 9.59 Å². The summed E-state index contributed by atoms with van der Waals surface area (Å²) in [4.78, 5) is 37.8. The molecule has 4 heterocycles. The predicted molar refractivity (Wildman–Crippen MR) is 111 cm³/mol. The van der Waals surface area contributed by atoms with Gasteiger partial charge in [0.15, 0.2) is 0 Å². The molecular formula is C22H22N4O2S. The average molecular weight is 407 g/mol. The number of benzene rings is 1. The summed E-state index contributed by atoms with van der Waals surface area (Å²) >= 11 is 1.38. The predicted octanol–water partition coefficient (Wildman–Crippen LogP) is 3.37. The molecule has 0 radical (unpaired) electrons. The van der Waals surface area contributed by atoms with Crippen LogP contribution in [0.2, 0.25) is 0 Å². The SMILES string of the molecule is Cc1ccccc1[C@H]1[C@H]2CN(C(=O)c3cncs3)C[C@H]2CN1C(=O)c1ccc[nH]1. The molecule has 0 saturated carbocycles. The fourth-order valence-electron chi connectivity index (χ4n) is 4.83. The fraction of sp³-hybridized carbons (Fsp3) is 0.318. The minimum atomic E-state index is -0.0312. The Balaban J connectivity index is 1.47. The van der Waals surface area contributed by atoms with Crippen LogP contribution in [0.15, 0.2) is 54.3 Å². The molecule has 5 rings (SSSR count). The molecule has 7 heteroatoms. The number of rotatable bonds is 3. The summed E-state index contributed by atoms with van der Waals surface area (Å²) in [6, 6.07) is 11.9. The van der Waals surface area contributed by atoms with Crippen LogP contribution in [0, 0.1) is 18.8 Å². The maximum atomic E-state index is 13.2. The molecule has 0 spiro atoms. The highest BCUT2D eigenvalue weighted by Crippen LogP contribution is 2.46. The van der Waals surface area contributed by atoms with E-state index >= 15 is 0 Å². The summed E-state index contributed by atoms with van der Waals surface area (Å²) in [5, 5.41) is 0. The highest BCUT2D eigenvalue weighted by molar-refractivity contribution is 7.11. The molecule has 0 bridgehead atoms. The third-order valence-electron chi connectivity index (χ3n) is 6.19. The fourth-order valence-corrected chi connectivity index (χ4v) is 5.42. The molecule has 3 atom stereocenters. The van der Waals surface area contributed by atoms with Crippen LogP contribution in [0.3, 0.4) is 0 Å². The van der Waals surface area contributed by atoms with E-state index in [4.69, 9.17) is 0 Å². The second-order valence-corrected chi connectivity index (χ2v) is 8.73. The van der Waals surface area contributed by atoms with Crippen molar-refractivity contribution in [3.63, 3.8) is 0 Å². The van der Waals surface area contributed by atoms with Crippen LogP contribution in [0.1, 0.15) is 37.3 Å². The van der Waals surface area contributed by atoms with Crippen molar-refractivity contribution in [2.24, 2.45) is 11.8 Å². The van der Waals surface area contributed by atoms with Gasteiger partial charge in [-0.1, -0.05) is 24.3 Å². The molecule has 2 amide bonds. The number of amides is 2. The number of hydrogen-bond acceptors (Lipinski definition) is 4. The number of likely N-dealkylation sites (tertiary alicyclic amines) is 2. The molecule has 6 nitrogen and oxygen atoms in total. The van der Waals surface area contributed by atoms with Gasteiger partial charge in [0.2, 0.25) is 0 Å². The topological polar surface area (TPSA) is 69.3 Å². The lowest BCUT2D eigenvalue weighted by atomic mass is 9.87. The molecule has 2 aromatic heterocycles. The Bertz CT molecular complexity index is 1030. The number of fused-ring (bicyclic) bond motifs is 1. The van der Waals surface area contributed by atoms with Crippen LogP contribution >= 0.6 is 11.3 Å². The zero-order chi connectivity index (χ0) is 20.0. The summed E-state index contributed by atoms with van der Waals surface area (Å²) in [5.41, 5.74) is 4.65. The number of aryl methyl sites for hydroxylation is 1. The third-order valence-corrected chi connectivity index (χ3v) is 6.95. The lowest BCUT2D eigenvalue weighted by Crippen LogP contribution is -2.37. The maximum Gasteiger partial charge on any atom is 0.270 e. The lowest BCUT2D eigenvalue weighted by molar-refractivity contribution is 0.0673. The van der Waals surface area contributed by atoms with Crippen LogP contribution in [0.25, 0.3) is 0 Å². The Kier molecular flexibility index (Phi) is 4.47. The number of nitrogens with one attached hydrogen (secondary N) is 1. The van der Waals surface area contributed by atoms with Gasteiger partial charge in [0, 0.05) is 37.7 Å². The molecule has 2 aliphatic rings. The van der Waals surface area contributed by atoms with Crippen molar-refractivity contribution in [3.8, 4) is 0 Å². The van der Waals surface area contributed by atoms with Gasteiger partial charge in [-0.2, -0.15) is 0 Å². The first-order valence-corrected chi connectivity index (χ1v) is 10.7. The van der Waals surface area contributed by atoms with E-state index in [9.17, 15) is 9.59 Å². The van der Waals surface area contributed by atoms with Gasteiger partial charge in [0.25, 0.3) is 11.8 Å². The van der Waals surface area contributed by atoms with Gasteiger partial charge in [0.1, 0.15) is 10.6 Å². The van der Waals surface area contributed by atoms with Crippen molar-refractivity contribution in [1.29, 1.82) is 0 Å². The van der Waals surface area contributed by atoms with Gasteiger partial charge in [-0.05, 0) is 30.2 Å². The standard InChI is InChI=1S/C22H22N4O2S/c1-14-5-2-3-6-16(14)20-17-12-25(22(28)19-9-23-13-29-19)10-15(17)11-26(20)21(27)18-7-4-8-24-18/h2-9,13,15,17,20,24H,10-12H2,1H3/t15-,17-,20-/m0/s1. The smallest absolute Gasteiger partial charge is 0.270 e. The molecular weight excluding hydrogens is 384 g/mol. The number of hydrogen-bond donors (Lipinski definition) is 1. The van der Waals surface area contributed by atoms with Crippen molar-refractivity contribution in [1.82, 2.24) is 19.8 Å². The summed E-state index contributed by atoms with van der Waals surface area (Å²) in [6.07, 6.45) is 3.42. The highest BCUT2D eigenvalue weighted by atomic mass is 32.1. The van der Waals surface area contributed by atoms with Gasteiger partial charge in [-0.15, -0.1) is 11.3 Å². The second kappa shape index (κ2) is 7.15. The van der Waals surface area contributed by atoms with Gasteiger partial charge in [-0.25, -0.2) is 0 Å². The second-order valence-electron chi connectivity index (χ2n) is 7.84. The summed E-state index contributed by atoms with van der Waals surface area (Å²) in [5.74, 6) is 0.577. The number of nitrogens with zero attached hydrogens (tertiary/aromatic N) is 3. The van der Waals surface area contributed by atoms with Crippen LogP contribution in [0.4, 0.5) is 0 Å². The van der Waals surface area contributed by atoms with Crippen molar-refractivity contribution in [2.45, 2.75) is 13.0 Å². The largest absolute Gasteiger partial charge is 0.357 e. The first-order chi connectivity index (χ1) is 14.1. The number of carbonyl (C=O) groups is 2. The molecule has 0 unspecified atom stereocenters. The number of aromatic nitrogens is 2. The third kappa shape index (κ3) is 3.06. The summed E-state index contributed by atoms with van der Waals surface area (Å²) in [7, 11) is 0.